The number of likely N-dealkylation sites (N-methyl/N-ethyl adjacent to an activating group) is 2. The van der Waals surface area contributed by atoms with Crippen LogP contribution in [0.5, 0.6) is 0 Å². The van der Waals surface area contributed by atoms with Crippen LogP contribution < -0.4 is 10.6 Å². The van der Waals surface area contributed by atoms with Gasteiger partial charge in [0.1, 0.15) is 5.69 Å². The Bertz CT molecular complexity index is 561. The van der Waals surface area contributed by atoms with Crippen LogP contribution in [-0.4, -0.2) is 41.9 Å². The summed E-state index contributed by atoms with van der Waals surface area (Å²) in [6.45, 7) is 3.22. The van der Waals surface area contributed by atoms with Crippen molar-refractivity contribution in [3.63, 3.8) is 0 Å². The maximum absolute atomic E-state index is 12.6. The van der Waals surface area contributed by atoms with E-state index in [0.717, 1.165) is 19.4 Å². The molecule has 1 fully saturated rings. The van der Waals surface area contributed by atoms with Gasteiger partial charge < -0.3 is 10.6 Å². The van der Waals surface area contributed by atoms with Crippen LogP contribution in [0.4, 0.5) is 17.1 Å². The summed E-state index contributed by atoms with van der Waals surface area (Å²) in [4.78, 5) is 26.7. The van der Waals surface area contributed by atoms with Crippen molar-refractivity contribution in [3.05, 3.63) is 28.3 Å². The summed E-state index contributed by atoms with van der Waals surface area (Å²) in [7, 11) is 1.93. The molecule has 2 rings (SSSR count). The molecule has 7 nitrogen and oxygen atoms in total. The molecule has 7 heteroatoms. The zero-order valence-electron chi connectivity index (χ0n) is 12.3. The summed E-state index contributed by atoms with van der Waals surface area (Å²) in [5.74, 6) is -0.0171. The van der Waals surface area contributed by atoms with E-state index < -0.39 is 4.92 Å². The molecule has 0 saturated carbocycles. The fourth-order valence-corrected chi connectivity index (χ4v) is 2.73. The number of amides is 1. The maximum atomic E-state index is 12.6. The van der Waals surface area contributed by atoms with Crippen LogP contribution in [0.3, 0.4) is 0 Å². The van der Waals surface area contributed by atoms with E-state index in [1.54, 1.807) is 11.0 Å². The number of benzene rings is 1. The van der Waals surface area contributed by atoms with Crippen molar-refractivity contribution in [2.24, 2.45) is 0 Å². The molecule has 0 radical (unpaired) electrons. The molecule has 1 saturated heterocycles. The summed E-state index contributed by atoms with van der Waals surface area (Å²) in [6, 6.07) is 4.34. The molecule has 0 aromatic heterocycles. The highest BCUT2D eigenvalue weighted by Gasteiger charge is 2.32. The average molecular weight is 292 g/mol. The minimum Gasteiger partial charge on any atom is -0.393 e. The molecular formula is C14H20N4O3. The maximum Gasteiger partial charge on any atom is 0.294 e. The number of nitrogen functional groups attached to an aromatic ring is 1. The van der Waals surface area contributed by atoms with Gasteiger partial charge in [0.25, 0.3) is 5.69 Å². The summed E-state index contributed by atoms with van der Waals surface area (Å²) in [5, 5.41) is 11.0. The van der Waals surface area contributed by atoms with Gasteiger partial charge in [-0.15, -0.1) is 0 Å². The van der Waals surface area contributed by atoms with Gasteiger partial charge in [0, 0.05) is 12.6 Å². The number of likely N-dealkylation sites (tertiary alicyclic amines) is 1. The topological polar surface area (TPSA) is 92.7 Å². The van der Waals surface area contributed by atoms with E-state index in [0.29, 0.717) is 12.2 Å². The smallest absolute Gasteiger partial charge is 0.294 e. The Morgan fingerprint density at radius 1 is 1.57 bits per heavy atom. The minimum atomic E-state index is -0.529. The summed E-state index contributed by atoms with van der Waals surface area (Å²) in [5.41, 5.74) is 6.05. The van der Waals surface area contributed by atoms with Gasteiger partial charge in [-0.2, -0.15) is 0 Å². The lowest BCUT2D eigenvalue weighted by atomic mass is 10.1. The number of nitrogens with zero attached hydrogens (tertiary/aromatic N) is 3. The van der Waals surface area contributed by atoms with Crippen LogP contribution in [0.2, 0.25) is 0 Å². The molecule has 21 heavy (non-hydrogen) atoms. The Kier molecular flexibility index (Phi) is 4.42. The molecular weight excluding hydrogens is 272 g/mol. The van der Waals surface area contributed by atoms with Gasteiger partial charge in [-0.05, 0) is 45.5 Å². The van der Waals surface area contributed by atoms with Gasteiger partial charge in [-0.3, -0.25) is 19.8 Å². The van der Waals surface area contributed by atoms with Crippen molar-refractivity contribution in [1.29, 1.82) is 0 Å². The molecule has 1 heterocycles. The zero-order chi connectivity index (χ0) is 15.6. The van der Waals surface area contributed by atoms with Gasteiger partial charge >= 0.3 is 0 Å². The molecule has 1 atom stereocenters. The summed E-state index contributed by atoms with van der Waals surface area (Å²) >= 11 is 0. The van der Waals surface area contributed by atoms with Crippen LogP contribution >= 0.6 is 0 Å². The fraction of sp³-hybridized carbons (Fsp3) is 0.500. The zero-order valence-corrected chi connectivity index (χ0v) is 12.3. The predicted octanol–water partition coefficient (Wildman–Crippen LogP) is 1.62. The molecule has 1 aromatic carbocycles. The molecule has 1 aliphatic rings. The largest absolute Gasteiger partial charge is 0.393 e. The molecule has 114 valence electrons. The van der Waals surface area contributed by atoms with Crippen molar-refractivity contribution in [2.75, 3.05) is 30.8 Å². The van der Waals surface area contributed by atoms with Crippen molar-refractivity contribution in [3.8, 4) is 0 Å². The number of carbonyl (C=O) groups is 1. The number of anilines is 2. The standard InChI is InChI=1S/C14H20N4O3/c1-3-17(14(19)12-5-4-8-16(12)2)10-6-7-11(15)13(9-10)18(20)21/h6-7,9,12H,3-5,8,15H2,1-2H3. The molecule has 2 N–H and O–H groups in total. The molecule has 0 bridgehead atoms. The number of hydrogen-bond donors (Lipinski definition) is 1. The summed E-state index contributed by atoms with van der Waals surface area (Å²) in [6.07, 6.45) is 1.81. The van der Waals surface area contributed by atoms with Gasteiger partial charge in [-0.25, -0.2) is 0 Å². The van der Waals surface area contributed by atoms with E-state index in [4.69, 9.17) is 5.73 Å². The highest BCUT2D eigenvalue weighted by atomic mass is 16.6. The molecule has 1 aliphatic heterocycles. The third-order valence-electron chi connectivity index (χ3n) is 3.91. The molecule has 0 spiro atoms. The summed E-state index contributed by atoms with van der Waals surface area (Å²) < 4.78 is 0. The first-order valence-corrected chi connectivity index (χ1v) is 7.01. The van der Waals surface area contributed by atoms with Gasteiger partial charge in [0.15, 0.2) is 0 Å². The lowest BCUT2D eigenvalue weighted by Gasteiger charge is -2.27. The van der Waals surface area contributed by atoms with E-state index in [9.17, 15) is 14.9 Å². The number of hydrogen-bond acceptors (Lipinski definition) is 5. The SMILES string of the molecule is CCN(C(=O)C1CCCN1C)c1ccc(N)c([N+](=O)[O-])c1. The second kappa shape index (κ2) is 6.09. The first-order chi connectivity index (χ1) is 9.95. The number of carbonyl (C=O) groups excluding carboxylic acids is 1. The van der Waals surface area contributed by atoms with E-state index >= 15 is 0 Å². The fourth-order valence-electron chi connectivity index (χ4n) is 2.73. The molecule has 0 aliphatic carbocycles. The van der Waals surface area contributed by atoms with Crippen molar-refractivity contribution >= 4 is 23.0 Å². The molecule has 1 unspecified atom stereocenters. The van der Waals surface area contributed by atoms with Crippen LogP contribution in [0.25, 0.3) is 0 Å². The van der Waals surface area contributed by atoms with E-state index in [1.165, 1.54) is 12.1 Å². The Balaban J connectivity index is 2.31. The highest BCUT2D eigenvalue weighted by Crippen LogP contribution is 2.29. The van der Waals surface area contributed by atoms with Crippen molar-refractivity contribution in [2.45, 2.75) is 25.8 Å². The average Bonchev–Trinajstić information content (AvgIpc) is 2.87. The third-order valence-corrected chi connectivity index (χ3v) is 3.91. The molecule has 1 amide bonds. The lowest BCUT2D eigenvalue weighted by Crippen LogP contribution is -2.44. The first kappa shape index (κ1) is 15.2. The van der Waals surface area contributed by atoms with E-state index in [-0.39, 0.29) is 23.3 Å². The van der Waals surface area contributed by atoms with Crippen molar-refractivity contribution in [1.82, 2.24) is 4.90 Å². The Labute approximate surface area is 123 Å². The van der Waals surface area contributed by atoms with Gasteiger partial charge in [0.05, 0.1) is 16.7 Å². The first-order valence-electron chi connectivity index (χ1n) is 7.01. The van der Waals surface area contributed by atoms with E-state index in [2.05, 4.69) is 0 Å². The van der Waals surface area contributed by atoms with Crippen LogP contribution in [0.15, 0.2) is 18.2 Å². The monoisotopic (exact) mass is 292 g/mol. The second-order valence-corrected chi connectivity index (χ2v) is 5.22. The molecule has 1 aromatic rings. The number of rotatable bonds is 4. The Morgan fingerprint density at radius 2 is 2.29 bits per heavy atom. The highest BCUT2D eigenvalue weighted by molar-refractivity contribution is 5.97. The normalized spacial score (nSPS) is 18.7. The minimum absolute atomic E-state index is 0.0171. The van der Waals surface area contributed by atoms with Crippen LogP contribution in [0.1, 0.15) is 19.8 Å². The van der Waals surface area contributed by atoms with E-state index in [1.807, 2.05) is 18.9 Å². The number of nitro benzene ring substituents is 1. The quantitative estimate of drug-likeness (QED) is 0.517. The second-order valence-electron chi connectivity index (χ2n) is 5.22. The van der Waals surface area contributed by atoms with Crippen LogP contribution in [0, 0.1) is 10.1 Å². The Hall–Kier alpha value is -2.15. The number of nitrogens with two attached hydrogens (primary N) is 1. The number of nitro groups is 1. The van der Waals surface area contributed by atoms with Gasteiger partial charge in [0.2, 0.25) is 5.91 Å². The van der Waals surface area contributed by atoms with Crippen molar-refractivity contribution < 1.29 is 9.72 Å². The third kappa shape index (κ3) is 2.97. The van der Waals surface area contributed by atoms with Crippen LogP contribution in [-0.2, 0) is 4.79 Å². The predicted molar refractivity (Wildman–Crippen MR) is 81.2 cm³/mol. The Morgan fingerprint density at radius 3 is 2.81 bits per heavy atom. The lowest BCUT2D eigenvalue weighted by molar-refractivity contribution is -0.383. The van der Waals surface area contributed by atoms with Gasteiger partial charge in [-0.1, -0.05) is 0 Å².